The van der Waals surface area contributed by atoms with E-state index in [1.54, 1.807) is 12.1 Å². The zero-order chi connectivity index (χ0) is 16.4. The molecule has 122 valence electrons. The molecule has 3 rings (SSSR count). The summed E-state index contributed by atoms with van der Waals surface area (Å²) in [6.45, 7) is 4.71. The summed E-state index contributed by atoms with van der Waals surface area (Å²) in [6.07, 6.45) is 1.75. The molecule has 6 heteroatoms. The maximum absolute atomic E-state index is 12.3. The van der Waals surface area contributed by atoms with Crippen LogP contribution >= 0.6 is 0 Å². The van der Waals surface area contributed by atoms with E-state index in [2.05, 4.69) is 15.5 Å². The number of carbonyl (C=O) groups is 1. The Labute approximate surface area is 134 Å². The van der Waals surface area contributed by atoms with Crippen molar-refractivity contribution in [1.29, 1.82) is 0 Å². The van der Waals surface area contributed by atoms with E-state index in [1.807, 2.05) is 26.0 Å². The minimum absolute atomic E-state index is 0.0857. The van der Waals surface area contributed by atoms with Crippen molar-refractivity contribution in [2.45, 2.75) is 44.8 Å². The maximum atomic E-state index is 12.3. The van der Waals surface area contributed by atoms with Gasteiger partial charge in [-0.3, -0.25) is 9.59 Å². The summed E-state index contributed by atoms with van der Waals surface area (Å²) in [4.78, 5) is 24.1. The summed E-state index contributed by atoms with van der Waals surface area (Å²) < 4.78 is 5.66. The van der Waals surface area contributed by atoms with Crippen LogP contribution in [-0.2, 0) is 16.0 Å². The minimum Gasteiger partial charge on any atom is -0.375 e. The Kier molecular flexibility index (Phi) is 4.17. The van der Waals surface area contributed by atoms with Gasteiger partial charge in [0.15, 0.2) is 0 Å². The number of fused-ring (bicyclic) bond motifs is 1. The lowest BCUT2D eigenvalue weighted by atomic mass is 9.94. The quantitative estimate of drug-likeness (QED) is 0.900. The molecule has 2 heterocycles. The van der Waals surface area contributed by atoms with Gasteiger partial charge < -0.3 is 10.1 Å². The smallest absolute Gasteiger partial charge is 0.272 e. The molecular formula is C17H21N3O3. The molecule has 1 fully saturated rings. The molecule has 23 heavy (non-hydrogen) atoms. The molecule has 0 spiro atoms. The van der Waals surface area contributed by atoms with Gasteiger partial charge in [0.05, 0.1) is 23.1 Å². The van der Waals surface area contributed by atoms with E-state index < -0.39 is 0 Å². The number of hydrogen-bond donors (Lipinski definition) is 2. The molecule has 2 aromatic rings. The van der Waals surface area contributed by atoms with Gasteiger partial charge in [0.25, 0.3) is 5.56 Å². The van der Waals surface area contributed by atoms with Gasteiger partial charge >= 0.3 is 0 Å². The summed E-state index contributed by atoms with van der Waals surface area (Å²) in [5.41, 5.74) is 0.138. The summed E-state index contributed by atoms with van der Waals surface area (Å²) in [5, 5.41) is 10.8. The fourth-order valence-electron chi connectivity index (χ4n) is 3.09. The highest BCUT2D eigenvalue weighted by Crippen LogP contribution is 2.24. The third kappa shape index (κ3) is 3.59. The highest BCUT2D eigenvalue weighted by molar-refractivity contribution is 5.88. The lowest BCUT2D eigenvalue weighted by Gasteiger charge is -2.35. The van der Waals surface area contributed by atoms with E-state index in [9.17, 15) is 9.59 Å². The predicted molar refractivity (Wildman–Crippen MR) is 87.3 cm³/mol. The van der Waals surface area contributed by atoms with E-state index in [4.69, 9.17) is 4.74 Å². The van der Waals surface area contributed by atoms with E-state index >= 15 is 0 Å². The van der Waals surface area contributed by atoms with Crippen molar-refractivity contribution in [3.8, 4) is 0 Å². The monoisotopic (exact) mass is 315 g/mol. The molecule has 1 aliphatic heterocycles. The van der Waals surface area contributed by atoms with Gasteiger partial charge in [0.2, 0.25) is 5.91 Å². The van der Waals surface area contributed by atoms with Crippen LogP contribution in [0.3, 0.4) is 0 Å². The van der Waals surface area contributed by atoms with Crippen molar-refractivity contribution >= 4 is 16.7 Å². The number of ether oxygens (including phenoxy) is 1. The first-order valence-electron chi connectivity index (χ1n) is 7.84. The van der Waals surface area contributed by atoms with Gasteiger partial charge in [-0.25, -0.2) is 5.10 Å². The number of nitrogens with zero attached hydrogens (tertiary/aromatic N) is 1. The zero-order valence-corrected chi connectivity index (χ0v) is 13.4. The Balaban J connectivity index is 1.74. The average Bonchev–Trinajstić information content (AvgIpc) is 2.49. The molecule has 6 nitrogen and oxygen atoms in total. The minimum atomic E-state index is -0.240. The van der Waals surface area contributed by atoms with Crippen LogP contribution in [0.1, 0.15) is 32.4 Å². The maximum Gasteiger partial charge on any atom is 0.272 e. The number of H-pyrrole nitrogens is 1. The Morgan fingerprint density at radius 1 is 1.39 bits per heavy atom. The first kappa shape index (κ1) is 15.7. The van der Waals surface area contributed by atoms with Crippen LogP contribution in [0.5, 0.6) is 0 Å². The number of carbonyl (C=O) groups excluding carboxylic acids is 1. The van der Waals surface area contributed by atoms with Crippen molar-refractivity contribution in [3.05, 3.63) is 40.3 Å². The standard InChI is InChI=1S/C17H21N3O3/c1-17(2)10-11(7-8-23-17)18-15(21)9-14-12-5-3-4-6-13(12)16(22)20-19-14/h3-6,11H,7-10H2,1-2H3,(H,18,21)(H,20,22). The Morgan fingerprint density at radius 3 is 2.87 bits per heavy atom. The van der Waals surface area contributed by atoms with Gasteiger partial charge in [0, 0.05) is 18.0 Å². The molecule has 1 atom stereocenters. The van der Waals surface area contributed by atoms with Crippen LogP contribution in [0.15, 0.2) is 29.1 Å². The fourth-order valence-corrected chi connectivity index (χ4v) is 3.09. The summed E-state index contributed by atoms with van der Waals surface area (Å²) in [6, 6.07) is 7.30. The van der Waals surface area contributed by atoms with Crippen LogP contribution in [0.4, 0.5) is 0 Å². The molecule has 2 N–H and O–H groups in total. The van der Waals surface area contributed by atoms with Crippen molar-refractivity contribution in [3.63, 3.8) is 0 Å². The molecule has 1 aromatic heterocycles. The zero-order valence-electron chi connectivity index (χ0n) is 13.4. The van der Waals surface area contributed by atoms with Gasteiger partial charge in [-0.15, -0.1) is 0 Å². The van der Waals surface area contributed by atoms with Crippen molar-refractivity contribution in [2.75, 3.05) is 6.61 Å². The molecule has 0 aliphatic carbocycles. The highest BCUT2D eigenvalue weighted by Gasteiger charge is 2.29. The lowest BCUT2D eigenvalue weighted by molar-refractivity contribution is -0.123. The second-order valence-electron chi connectivity index (χ2n) is 6.59. The van der Waals surface area contributed by atoms with Crippen LogP contribution < -0.4 is 10.9 Å². The van der Waals surface area contributed by atoms with Crippen LogP contribution in [0.2, 0.25) is 0 Å². The van der Waals surface area contributed by atoms with E-state index in [-0.39, 0.29) is 29.5 Å². The molecule has 0 bridgehead atoms. The molecule has 1 aromatic carbocycles. The number of rotatable bonds is 3. The molecular weight excluding hydrogens is 294 g/mol. The van der Waals surface area contributed by atoms with E-state index in [0.717, 1.165) is 18.2 Å². The Bertz CT molecular complexity index is 782. The third-order valence-electron chi connectivity index (χ3n) is 4.17. The summed E-state index contributed by atoms with van der Waals surface area (Å²) >= 11 is 0. The number of aromatic nitrogens is 2. The summed E-state index contributed by atoms with van der Waals surface area (Å²) in [5.74, 6) is -0.0857. The van der Waals surface area contributed by atoms with Gasteiger partial charge in [-0.1, -0.05) is 18.2 Å². The predicted octanol–water partition coefficient (Wildman–Crippen LogP) is 1.54. The number of benzene rings is 1. The topological polar surface area (TPSA) is 84.1 Å². The van der Waals surface area contributed by atoms with Crippen LogP contribution in [0, 0.1) is 0 Å². The third-order valence-corrected chi connectivity index (χ3v) is 4.17. The fraction of sp³-hybridized carbons (Fsp3) is 0.471. The Morgan fingerprint density at radius 2 is 2.13 bits per heavy atom. The average molecular weight is 315 g/mol. The van der Waals surface area contributed by atoms with Gasteiger partial charge in [0.1, 0.15) is 0 Å². The first-order chi connectivity index (χ1) is 10.9. The van der Waals surface area contributed by atoms with E-state index in [0.29, 0.717) is 17.7 Å². The number of nitrogens with one attached hydrogen (secondary N) is 2. The van der Waals surface area contributed by atoms with Crippen LogP contribution in [-0.4, -0.2) is 34.4 Å². The second kappa shape index (κ2) is 6.12. The number of amides is 1. The molecule has 1 saturated heterocycles. The molecule has 1 amide bonds. The molecule has 1 aliphatic rings. The van der Waals surface area contributed by atoms with Crippen molar-refractivity contribution in [1.82, 2.24) is 15.5 Å². The number of hydrogen-bond acceptors (Lipinski definition) is 4. The Hall–Kier alpha value is -2.21. The van der Waals surface area contributed by atoms with Crippen LogP contribution in [0.25, 0.3) is 10.8 Å². The van der Waals surface area contributed by atoms with Crippen molar-refractivity contribution < 1.29 is 9.53 Å². The molecule has 0 radical (unpaired) electrons. The normalized spacial score (nSPS) is 20.3. The summed E-state index contributed by atoms with van der Waals surface area (Å²) in [7, 11) is 0. The SMILES string of the molecule is CC1(C)CC(NC(=O)Cc2n[nH]c(=O)c3ccccc23)CCO1. The molecule has 0 saturated carbocycles. The lowest BCUT2D eigenvalue weighted by Crippen LogP contribution is -2.46. The number of aromatic amines is 1. The highest BCUT2D eigenvalue weighted by atomic mass is 16.5. The second-order valence-corrected chi connectivity index (χ2v) is 6.59. The first-order valence-corrected chi connectivity index (χ1v) is 7.84. The molecule has 1 unspecified atom stereocenters. The van der Waals surface area contributed by atoms with Crippen molar-refractivity contribution in [2.24, 2.45) is 0 Å². The van der Waals surface area contributed by atoms with Gasteiger partial charge in [-0.05, 0) is 32.8 Å². The van der Waals surface area contributed by atoms with Gasteiger partial charge in [-0.2, -0.15) is 5.10 Å². The van der Waals surface area contributed by atoms with E-state index in [1.165, 1.54) is 0 Å². The largest absolute Gasteiger partial charge is 0.375 e.